The highest BCUT2D eigenvalue weighted by atomic mass is 16.4. The van der Waals surface area contributed by atoms with Gasteiger partial charge < -0.3 is 15.5 Å². The van der Waals surface area contributed by atoms with Crippen LogP contribution < -0.4 is 5.32 Å². The minimum atomic E-state index is -0.891. The molecule has 1 aliphatic rings. The SMILES string of the molecule is CCC1CC(C(=O)O)C(C(=O)NC[C@H](C)O)C1. The van der Waals surface area contributed by atoms with Gasteiger partial charge in [0, 0.05) is 6.54 Å². The number of carboxylic acid groups (broad SMARTS) is 1. The minimum absolute atomic E-state index is 0.179. The molecule has 3 unspecified atom stereocenters. The van der Waals surface area contributed by atoms with Crippen LogP contribution in [0, 0.1) is 17.8 Å². The van der Waals surface area contributed by atoms with Gasteiger partial charge in [0.05, 0.1) is 17.9 Å². The summed E-state index contributed by atoms with van der Waals surface area (Å²) in [6.07, 6.45) is 1.52. The van der Waals surface area contributed by atoms with Crippen LogP contribution in [0.2, 0.25) is 0 Å². The Morgan fingerprint density at radius 3 is 2.41 bits per heavy atom. The summed E-state index contributed by atoms with van der Waals surface area (Å²) < 4.78 is 0. The maximum absolute atomic E-state index is 11.8. The maximum atomic E-state index is 11.8. The van der Waals surface area contributed by atoms with Crippen molar-refractivity contribution in [3.8, 4) is 0 Å². The van der Waals surface area contributed by atoms with Crippen LogP contribution in [0.5, 0.6) is 0 Å². The molecule has 1 saturated carbocycles. The Morgan fingerprint density at radius 1 is 1.35 bits per heavy atom. The van der Waals surface area contributed by atoms with Crippen LogP contribution >= 0.6 is 0 Å². The summed E-state index contributed by atoms with van der Waals surface area (Å²) >= 11 is 0. The van der Waals surface area contributed by atoms with Crippen molar-refractivity contribution in [3.63, 3.8) is 0 Å². The van der Waals surface area contributed by atoms with Crippen LogP contribution in [-0.4, -0.2) is 34.7 Å². The molecule has 3 N–H and O–H groups in total. The number of nitrogens with one attached hydrogen (secondary N) is 1. The molecular weight excluding hydrogens is 222 g/mol. The first-order chi connectivity index (χ1) is 7.95. The van der Waals surface area contributed by atoms with E-state index in [0.29, 0.717) is 18.8 Å². The lowest BCUT2D eigenvalue weighted by Gasteiger charge is -2.16. The van der Waals surface area contributed by atoms with E-state index in [9.17, 15) is 9.59 Å². The maximum Gasteiger partial charge on any atom is 0.307 e. The van der Waals surface area contributed by atoms with Gasteiger partial charge in [-0.25, -0.2) is 0 Å². The van der Waals surface area contributed by atoms with Crippen molar-refractivity contribution in [1.29, 1.82) is 0 Å². The van der Waals surface area contributed by atoms with Crippen LogP contribution in [0.3, 0.4) is 0 Å². The lowest BCUT2D eigenvalue weighted by atomic mass is 9.95. The molecule has 0 bridgehead atoms. The monoisotopic (exact) mass is 243 g/mol. The molecule has 1 aliphatic carbocycles. The molecule has 0 aromatic carbocycles. The van der Waals surface area contributed by atoms with Gasteiger partial charge in [0.2, 0.25) is 5.91 Å². The van der Waals surface area contributed by atoms with Gasteiger partial charge in [-0.05, 0) is 25.7 Å². The smallest absolute Gasteiger partial charge is 0.307 e. The number of aliphatic carboxylic acids is 1. The van der Waals surface area contributed by atoms with Gasteiger partial charge in [0.25, 0.3) is 0 Å². The summed E-state index contributed by atoms with van der Waals surface area (Å²) in [7, 11) is 0. The summed E-state index contributed by atoms with van der Waals surface area (Å²) in [5.41, 5.74) is 0. The number of aliphatic hydroxyl groups is 1. The Hall–Kier alpha value is -1.10. The summed E-state index contributed by atoms with van der Waals surface area (Å²) in [4.78, 5) is 22.9. The van der Waals surface area contributed by atoms with Crippen LogP contribution in [0.15, 0.2) is 0 Å². The lowest BCUT2D eigenvalue weighted by molar-refractivity contribution is -0.146. The van der Waals surface area contributed by atoms with Gasteiger partial charge in [-0.1, -0.05) is 13.3 Å². The van der Waals surface area contributed by atoms with Crippen molar-refractivity contribution >= 4 is 11.9 Å². The predicted molar refractivity (Wildman–Crippen MR) is 62.3 cm³/mol. The van der Waals surface area contributed by atoms with E-state index in [2.05, 4.69) is 5.32 Å². The normalized spacial score (nSPS) is 29.9. The molecule has 4 atom stereocenters. The van der Waals surface area contributed by atoms with E-state index >= 15 is 0 Å². The van der Waals surface area contributed by atoms with E-state index in [1.54, 1.807) is 6.92 Å². The molecule has 1 amide bonds. The van der Waals surface area contributed by atoms with E-state index in [0.717, 1.165) is 6.42 Å². The lowest BCUT2D eigenvalue weighted by Crippen LogP contribution is -2.38. The zero-order valence-electron chi connectivity index (χ0n) is 10.3. The predicted octanol–water partition coefficient (Wildman–Crippen LogP) is 0.620. The van der Waals surface area contributed by atoms with Crippen LogP contribution in [0.25, 0.3) is 0 Å². The van der Waals surface area contributed by atoms with Gasteiger partial charge in [-0.3, -0.25) is 9.59 Å². The van der Waals surface area contributed by atoms with Gasteiger partial charge >= 0.3 is 5.97 Å². The molecule has 0 aromatic heterocycles. The summed E-state index contributed by atoms with van der Waals surface area (Å²) in [6, 6.07) is 0. The van der Waals surface area contributed by atoms with E-state index in [4.69, 9.17) is 10.2 Å². The fourth-order valence-electron chi connectivity index (χ4n) is 2.42. The van der Waals surface area contributed by atoms with E-state index in [1.165, 1.54) is 0 Å². The minimum Gasteiger partial charge on any atom is -0.481 e. The average Bonchev–Trinajstić information content (AvgIpc) is 2.69. The summed E-state index contributed by atoms with van der Waals surface area (Å²) in [5, 5.41) is 20.8. The Bertz CT molecular complexity index is 290. The second kappa shape index (κ2) is 6.00. The van der Waals surface area contributed by atoms with Crippen molar-refractivity contribution in [1.82, 2.24) is 5.32 Å². The third-order valence-electron chi connectivity index (χ3n) is 3.46. The second-order valence-corrected chi connectivity index (χ2v) is 4.89. The third-order valence-corrected chi connectivity index (χ3v) is 3.46. The standard InChI is InChI=1S/C12H21NO4/c1-3-8-4-9(10(5-8)12(16)17)11(15)13-6-7(2)14/h7-10,14H,3-6H2,1-2H3,(H,13,15)(H,16,17)/t7-,8?,9?,10?/m0/s1. The van der Waals surface area contributed by atoms with Gasteiger partial charge in [-0.2, -0.15) is 0 Å². The average molecular weight is 243 g/mol. The summed E-state index contributed by atoms with van der Waals surface area (Å²) in [5.74, 6) is -1.84. The topological polar surface area (TPSA) is 86.6 Å². The zero-order chi connectivity index (χ0) is 13.0. The van der Waals surface area contributed by atoms with Gasteiger partial charge in [0.1, 0.15) is 0 Å². The van der Waals surface area contributed by atoms with Crippen molar-refractivity contribution < 1.29 is 19.8 Å². The molecule has 5 nitrogen and oxygen atoms in total. The highest BCUT2D eigenvalue weighted by Crippen LogP contribution is 2.38. The fourth-order valence-corrected chi connectivity index (χ4v) is 2.42. The molecule has 0 heterocycles. The largest absolute Gasteiger partial charge is 0.481 e. The van der Waals surface area contributed by atoms with Crippen LogP contribution in [0.4, 0.5) is 0 Å². The van der Waals surface area contributed by atoms with Crippen LogP contribution in [-0.2, 0) is 9.59 Å². The molecule has 0 spiro atoms. The number of aliphatic hydroxyl groups excluding tert-OH is 1. The Balaban J connectivity index is 2.60. The molecular formula is C12H21NO4. The molecule has 1 rings (SSSR count). The Morgan fingerprint density at radius 2 is 1.94 bits per heavy atom. The molecule has 17 heavy (non-hydrogen) atoms. The summed E-state index contributed by atoms with van der Waals surface area (Å²) in [6.45, 7) is 3.77. The van der Waals surface area contributed by atoms with Crippen molar-refractivity contribution in [2.24, 2.45) is 17.8 Å². The van der Waals surface area contributed by atoms with Crippen LogP contribution in [0.1, 0.15) is 33.1 Å². The highest BCUT2D eigenvalue weighted by Gasteiger charge is 2.41. The van der Waals surface area contributed by atoms with Crippen molar-refractivity contribution in [3.05, 3.63) is 0 Å². The number of hydrogen-bond acceptors (Lipinski definition) is 3. The molecule has 98 valence electrons. The van der Waals surface area contributed by atoms with Gasteiger partial charge in [0.15, 0.2) is 0 Å². The molecule has 0 aliphatic heterocycles. The second-order valence-electron chi connectivity index (χ2n) is 4.89. The third kappa shape index (κ3) is 3.70. The quantitative estimate of drug-likeness (QED) is 0.660. The van der Waals surface area contributed by atoms with E-state index < -0.39 is 23.9 Å². The van der Waals surface area contributed by atoms with Crippen molar-refractivity contribution in [2.75, 3.05) is 6.54 Å². The number of hydrogen-bond donors (Lipinski definition) is 3. The van der Waals surface area contributed by atoms with E-state index in [-0.39, 0.29) is 12.5 Å². The molecule has 0 saturated heterocycles. The van der Waals surface area contributed by atoms with Gasteiger partial charge in [-0.15, -0.1) is 0 Å². The first-order valence-corrected chi connectivity index (χ1v) is 6.14. The highest BCUT2D eigenvalue weighted by molar-refractivity contribution is 5.85. The number of carbonyl (C=O) groups is 2. The molecule has 1 fully saturated rings. The van der Waals surface area contributed by atoms with Crippen molar-refractivity contribution in [2.45, 2.75) is 39.2 Å². The number of rotatable bonds is 5. The fraction of sp³-hybridized carbons (Fsp3) is 0.833. The zero-order valence-corrected chi connectivity index (χ0v) is 10.3. The number of carboxylic acids is 1. The number of carbonyl (C=O) groups excluding carboxylic acids is 1. The molecule has 0 aromatic rings. The molecule has 5 heteroatoms. The first kappa shape index (κ1) is 14.0. The molecule has 0 radical (unpaired) electrons. The Kier molecular flexibility index (Phi) is 4.93. The Labute approximate surface area is 101 Å². The first-order valence-electron chi connectivity index (χ1n) is 6.14. The van der Waals surface area contributed by atoms with E-state index in [1.807, 2.05) is 6.92 Å². The number of amides is 1.